The van der Waals surface area contributed by atoms with Gasteiger partial charge in [-0.05, 0) is 78.7 Å². The monoisotopic (exact) mass is 361 g/mol. The lowest BCUT2D eigenvalue weighted by molar-refractivity contribution is -0.119. The highest BCUT2D eigenvalue weighted by Gasteiger charge is 2.58. The van der Waals surface area contributed by atoms with Gasteiger partial charge in [0.05, 0.1) is 5.75 Å². The van der Waals surface area contributed by atoms with Crippen molar-refractivity contribution in [3.05, 3.63) is 30.3 Å². The van der Waals surface area contributed by atoms with Crippen LogP contribution in [0.2, 0.25) is 0 Å². The third kappa shape index (κ3) is 3.34. The molecule has 2 unspecified atom stereocenters. The summed E-state index contributed by atoms with van der Waals surface area (Å²) >= 11 is 0. The van der Waals surface area contributed by atoms with E-state index < -0.39 is 10.0 Å². The molecular formula is C21H31NO2S. The Bertz CT molecular complexity index is 719. The second-order valence-electron chi connectivity index (χ2n) is 10.1. The van der Waals surface area contributed by atoms with Crippen molar-refractivity contribution >= 4 is 15.7 Å². The van der Waals surface area contributed by atoms with E-state index in [1.807, 2.05) is 30.3 Å². The second-order valence-corrected chi connectivity index (χ2v) is 11.8. The standard InChI is InChI=1S/C21H31NO2S/c1-20(2,3)19-16-9-15-10-17(19)13-21(11-15,12-16)14-25(23,24)22-18-7-5-4-6-8-18/h4-8,15-17,19,22H,9-14H2,1-3H3. The second kappa shape index (κ2) is 5.73. The van der Waals surface area contributed by atoms with E-state index in [-0.39, 0.29) is 5.41 Å². The Balaban J connectivity index is 1.54. The van der Waals surface area contributed by atoms with E-state index in [1.54, 1.807) is 0 Å². The lowest BCUT2D eigenvalue weighted by Gasteiger charge is -2.62. The van der Waals surface area contributed by atoms with Crippen LogP contribution < -0.4 is 4.72 Å². The molecule has 4 heteroatoms. The first-order valence-corrected chi connectivity index (χ1v) is 11.4. The molecule has 138 valence electrons. The van der Waals surface area contributed by atoms with Crippen LogP contribution in [-0.2, 0) is 10.0 Å². The zero-order valence-electron chi connectivity index (χ0n) is 15.7. The van der Waals surface area contributed by atoms with Crippen LogP contribution in [0.3, 0.4) is 0 Å². The minimum absolute atomic E-state index is 0.0128. The van der Waals surface area contributed by atoms with Crippen LogP contribution in [0.4, 0.5) is 5.69 Å². The van der Waals surface area contributed by atoms with E-state index in [4.69, 9.17) is 0 Å². The molecule has 0 spiro atoms. The van der Waals surface area contributed by atoms with E-state index in [9.17, 15) is 8.42 Å². The summed E-state index contributed by atoms with van der Waals surface area (Å²) in [6.07, 6.45) is 5.99. The molecule has 1 aromatic rings. The molecule has 0 aromatic heterocycles. The van der Waals surface area contributed by atoms with Crippen molar-refractivity contribution in [3.8, 4) is 0 Å². The lowest BCUT2D eigenvalue weighted by atomic mass is 9.43. The number of para-hydroxylation sites is 1. The van der Waals surface area contributed by atoms with E-state index in [0.29, 0.717) is 16.9 Å². The van der Waals surface area contributed by atoms with Crippen LogP contribution in [0.25, 0.3) is 0 Å². The quantitative estimate of drug-likeness (QED) is 0.827. The summed E-state index contributed by atoms with van der Waals surface area (Å²) in [5, 5.41) is 0. The van der Waals surface area contributed by atoms with Crippen LogP contribution in [0.1, 0.15) is 52.9 Å². The predicted molar refractivity (Wildman–Crippen MR) is 103 cm³/mol. The average molecular weight is 362 g/mol. The smallest absolute Gasteiger partial charge is 0.233 e. The van der Waals surface area contributed by atoms with Crippen molar-refractivity contribution in [2.24, 2.45) is 34.5 Å². The Labute approximate surface area is 152 Å². The molecule has 3 nitrogen and oxygen atoms in total. The van der Waals surface area contributed by atoms with Gasteiger partial charge in [0.15, 0.2) is 0 Å². The van der Waals surface area contributed by atoms with Crippen LogP contribution in [0, 0.1) is 34.5 Å². The number of hydrogen-bond donors (Lipinski definition) is 1. The summed E-state index contributed by atoms with van der Waals surface area (Å²) < 4.78 is 28.5. The zero-order chi connectivity index (χ0) is 17.9. The minimum Gasteiger partial charge on any atom is -0.284 e. The van der Waals surface area contributed by atoms with Gasteiger partial charge in [-0.2, -0.15) is 0 Å². The molecule has 4 aliphatic carbocycles. The maximum absolute atomic E-state index is 12.9. The van der Waals surface area contributed by atoms with E-state index in [1.165, 1.54) is 12.8 Å². The molecule has 2 atom stereocenters. The number of benzene rings is 1. The molecular weight excluding hydrogens is 330 g/mol. The summed E-state index contributed by atoms with van der Waals surface area (Å²) in [6.45, 7) is 7.13. The van der Waals surface area contributed by atoms with Crippen molar-refractivity contribution in [2.75, 3.05) is 10.5 Å². The molecule has 0 heterocycles. The van der Waals surface area contributed by atoms with Crippen molar-refractivity contribution in [1.82, 2.24) is 0 Å². The fourth-order valence-corrected chi connectivity index (χ4v) is 8.64. The molecule has 4 aliphatic rings. The molecule has 4 saturated carbocycles. The van der Waals surface area contributed by atoms with Gasteiger partial charge in [0.2, 0.25) is 10.0 Å². The van der Waals surface area contributed by atoms with Gasteiger partial charge in [-0.3, -0.25) is 4.72 Å². The first-order chi connectivity index (χ1) is 11.7. The van der Waals surface area contributed by atoms with Gasteiger partial charge in [-0.1, -0.05) is 39.0 Å². The van der Waals surface area contributed by atoms with Crippen LogP contribution in [-0.4, -0.2) is 14.2 Å². The Kier molecular flexibility index (Phi) is 3.99. The lowest BCUT2D eigenvalue weighted by Crippen LogP contribution is -2.56. The summed E-state index contributed by atoms with van der Waals surface area (Å²) in [6, 6.07) is 9.30. The highest BCUT2D eigenvalue weighted by molar-refractivity contribution is 7.92. The van der Waals surface area contributed by atoms with Gasteiger partial charge in [0, 0.05) is 5.69 Å². The van der Waals surface area contributed by atoms with Crippen molar-refractivity contribution in [3.63, 3.8) is 0 Å². The molecule has 0 aliphatic heterocycles. The van der Waals surface area contributed by atoms with Crippen molar-refractivity contribution in [2.45, 2.75) is 52.9 Å². The molecule has 1 aromatic carbocycles. The minimum atomic E-state index is -3.30. The number of sulfonamides is 1. The molecule has 25 heavy (non-hydrogen) atoms. The van der Waals surface area contributed by atoms with Gasteiger partial charge < -0.3 is 0 Å². The topological polar surface area (TPSA) is 46.2 Å². The number of anilines is 1. The fraction of sp³-hybridized carbons (Fsp3) is 0.714. The van der Waals surface area contributed by atoms with E-state index in [2.05, 4.69) is 25.5 Å². The Morgan fingerprint density at radius 3 is 2.20 bits per heavy atom. The molecule has 5 rings (SSSR count). The highest BCUT2D eigenvalue weighted by atomic mass is 32.2. The number of nitrogens with one attached hydrogen (secondary N) is 1. The molecule has 0 radical (unpaired) electrons. The number of rotatable bonds is 4. The number of hydrogen-bond acceptors (Lipinski definition) is 2. The highest BCUT2D eigenvalue weighted by Crippen LogP contribution is 2.65. The van der Waals surface area contributed by atoms with Gasteiger partial charge in [0.1, 0.15) is 0 Å². The Hall–Kier alpha value is -1.03. The predicted octanol–water partition coefficient (Wildman–Crippen LogP) is 4.92. The fourth-order valence-electron chi connectivity index (χ4n) is 6.91. The third-order valence-corrected chi connectivity index (χ3v) is 8.48. The van der Waals surface area contributed by atoms with Crippen LogP contribution >= 0.6 is 0 Å². The SMILES string of the molecule is CC(C)(C)C1C2CC3CC1CC(CS(=O)(=O)Nc1ccccc1)(C3)C2. The van der Waals surface area contributed by atoms with Crippen LogP contribution in [0.5, 0.6) is 0 Å². The summed E-state index contributed by atoms with van der Waals surface area (Å²) in [5.41, 5.74) is 1.03. The maximum atomic E-state index is 12.9. The van der Waals surface area contributed by atoms with Gasteiger partial charge >= 0.3 is 0 Å². The first-order valence-electron chi connectivity index (χ1n) is 9.71. The average Bonchev–Trinajstić information content (AvgIpc) is 2.43. The van der Waals surface area contributed by atoms with Gasteiger partial charge in [-0.25, -0.2) is 8.42 Å². The normalized spacial score (nSPS) is 37.2. The maximum Gasteiger partial charge on any atom is 0.233 e. The van der Waals surface area contributed by atoms with Crippen molar-refractivity contribution in [1.29, 1.82) is 0 Å². The molecule has 1 N–H and O–H groups in total. The molecule has 0 saturated heterocycles. The van der Waals surface area contributed by atoms with Gasteiger partial charge in [0.25, 0.3) is 0 Å². The summed E-state index contributed by atoms with van der Waals surface area (Å²) in [4.78, 5) is 0. The van der Waals surface area contributed by atoms with E-state index >= 15 is 0 Å². The zero-order valence-corrected chi connectivity index (χ0v) is 16.5. The molecule has 0 amide bonds. The summed E-state index contributed by atoms with van der Waals surface area (Å²) in [7, 11) is -3.30. The molecule has 4 fully saturated rings. The first kappa shape index (κ1) is 17.4. The summed E-state index contributed by atoms with van der Waals surface area (Å²) in [5.74, 6) is 3.26. The molecule has 4 bridgehead atoms. The Morgan fingerprint density at radius 1 is 1.04 bits per heavy atom. The van der Waals surface area contributed by atoms with Crippen molar-refractivity contribution < 1.29 is 8.42 Å². The third-order valence-electron chi connectivity index (χ3n) is 6.94. The van der Waals surface area contributed by atoms with E-state index in [0.717, 1.165) is 42.9 Å². The Morgan fingerprint density at radius 2 is 1.64 bits per heavy atom. The van der Waals surface area contributed by atoms with Crippen LogP contribution in [0.15, 0.2) is 30.3 Å². The largest absolute Gasteiger partial charge is 0.284 e. The van der Waals surface area contributed by atoms with Gasteiger partial charge in [-0.15, -0.1) is 0 Å².